The number of carboxylic acid groups (broad SMARTS) is 1. The number of ether oxygens (including phenoxy) is 1. The van der Waals surface area contributed by atoms with Gasteiger partial charge in [-0.1, -0.05) is 61.9 Å². The highest BCUT2D eigenvalue weighted by Crippen LogP contribution is 2.20. The van der Waals surface area contributed by atoms with Gasteiger partial charge in [0.15, 0.2) is 0 Å². The normalized spacial score (nSPS) is 10.8. The molecule has 1 N–H and O–H groups in total. The van der Waals surface area contributed by atoms with E-state index in [0.29, 0.717) is 12.4 Å². The molecule has 2 aromatic carbocycles. The van der Waals surface area contributed by atoms with Crippen molar-refractivity contribution in [1.29, 1.82) is 0 Å². The largest absolute Gasteiger partial charge is 0.489 e. The zero-order valence-electron chi connectivity index (χ0n) is 13.4. The van der Waals surface area contributed by atoms with Crippen LogP contribution >= 0.6 is 0 Å². The van der Waals surface area contributed by atoms with Crippen LogP contribution in [-0.2, 0) is 17.8 Å². The predicted octanol–water partition coefficient (Wildman–Crippen LogP) is 4.71. The Morgan fingerprint density at radius 2 is 1.91 bits per heavy atom. The Kier molecular flexibility index (Phi) is 6.42. The van der Waals surface area contributed by atoms with Gasteiger partial charge in [-0.05, 0) is 35.2 Å². The van der Waals surface area contributed by atoms with Crippen molar-refractivity contribution in [2.24, 2.45) is 0 Å². The molecular formula is C20H22O3. The zero-order valence-corrected chi connectivity index (χ0v) is 13.4. The van der Waals surface area contributed by atoms with E-state index in [2.05, 4.69) is 13.0 Å². The first-order valence-corrected chi connectivity index (χ1v) is 7.86. The van der Waals surface area contributed by atoms with E-state index in [-0.39, 0.29) is 6.42 Å². The third kappa shape index (κ3) is 5.99. The number of hydrogen-bond donors (Lipinski definition) is 1. The van der Waals surface area contributed by atoms with E-state index in [1.54, 1.807) is 6.07 Å². The molecular weight excluding hydrogens is 288 g/mol. The molecule has 0 amide bonds. The number of unbranched alkanes of at least 4 members (excludes halogenated alkanes) is 1. The minimum Gasteiger partial charge on any atom is -0.489 e. The van der Waals surface area contributed by atoms with Gasteiger partial charge in [-0.15, -0.1) is 0 Å². The lowest BCUT2D eigenvalue weighted by atomic mass is 10.1. The van der Waals surface area contributed by atoms with Crippen molar-refractivity contribution in [3.8, 4) is 5.75 Å². The van der Waals surface area contributed by atoms with Crippen molar-refractivity contribution in [3.05, 3.63) is 71.3 Å². The van der Waals surface area contributed by atoms with Gasteiger partial charge in [0.25, 0.3) is 0 Å². The van der Waals surface area contributed by atoms with Crippen molar-refractivity contribution in [1.82, 2.24) is 0 Å². The fourth-order valence-electron chi connectivity index (χ4n) is 2.27. The van der Waals surface area contributed by atoms with Gasteiger partial charge in [-0.2, -0.15) is 0 Å². The first-order chi connectivity index (χ1) is 11.2. The van der Waals surface area contributed by atoms with E-state index in [0.717, 1.165) is 29.5 Å². The fraction of sp³-hybridized carbons (Fsp3) is 0.250. The van der Waals surface area contributed by atoms with Crippen LogP contribution in [0, 0.1) is 0 Å². The first kappa shape index (κ1) is 16.8. The Bertz CT molecular complexity index is 660. The Labute approximate surface area is 137 Å². The van der Waals surface area contributed by atoms with Gasteiger partial charge >= 0.3 is 5.97 Å². The molecule has 0 aromatic heterocycles. The average molecular weight is 310 g/mol. The summed E-state index contributed by atoms with van der Waals surface area (Å²) in [5, 5.41) is 9.01. The van der Waals surface area contributed by atoms with Crippen LogP contribution in [0.4, 0.5) is 0 Å². The average Bonchev–Trinajstić information content (AvgIpc) is 2.53. The summed E-state index contributed by atoms with van der Waals surface area (Å²) in [5.41, 5.74) is 2.80. The van der Waals surface area contributed by atoms with Crippen molar-refractivity contribution in [3.63, 3.8) is 0 Å². The van der Waals surface area contributed by atoms with Gasteiger partial charge in [0, 0.05) is 0 Å². The lowest BCUT2D eigenvalue weighted by Crippen LogP contribution is -2.02. The molecule has 0 saturated heterocycles. The van der Waals surface area contributed by atoms with Crippen molar-refractivity contribution in [2.45, 2.75) is 32.8 Å². The van der Waals surface area contributed by atoms with Gasteiger partial charge < -0.3 is 9.84 Å². The van der Waals surface area contributed by atoms with Crippen LogP contribution < -0.4 is 4.74 Å². The highest BCUT2D eigenvalue weighted by molar-refractivity contribution is 5.71. The number of carboxylic acids is 1. The summed E-state index contributed by atoms with van der Waals surface area (Å²) in [5.74, 6) is -0.141. The van der Waals surface area contributed by atoms with E-state index >= 15 is 0 Å². The van der Waals surface area contributed by atoms with E-state index in [1.165, 1.54) is 0 Å². The molecule has 0 radical (unpaired) electrons. The molecule has 3 nitrogen and oxygen atoms in total. The molecule has 23 heavy (non-hydrogen) atoms. The maximum Gasteiger partial charge on any atom is 0.307 e. The molecule has 0 spiro atoms. The third-order valence-electron chi connectivity index (χ3n) is 3.36. The Balaban J connectivity index is 2.15. The number of hydrogen-bond acceptors (Lipinski definition) is 2. The maximum atomic E-state index is 11.0. The van der Waals surface area contributed by atoms with E-state index < -0.39 is 5.97 Å². The van der Waals surface area contributed by atoms with E-state index in [9.17, 15) is 4.79 Å². The first-order valence-electron chi connectivity index (χ1n) is 7.86. The van der Waals surface area contributed by atoms with Crippen LogP contribution in [0.2, 0.25) is 0 Å². The number of aliphatic carboxylic acids is 1. The Morgan fingerprint density at radius 3 is 2.61 bits per heavy atom. The molecule has 0 saturated carbocycles. The highest BCUT2D eigenvalue weighted by atomic mass is 16.5. The topological polar surface area (TPSA) is 46.5 Å². The maximum absolute atomic E-state index is 11.0. The lowest BCUT2D eigenvalue weighted by Gasteiger charge is -2.09. The summed E-state index contributed by atoms with van der Waals surface area (Å²) >= 11 is 0. The summed E-state index contributed by atoms with van der Waals surface area (Å²) in [6.45, 7) is 2.59. The summed E-state index contributed by atoms with van der Waals surface area (Å²) in [6, 6.07) is 15.6. The number of rotatable bonds is 8. The van der Waals surface area contributed by atoms with Crippen LogP contribution in [0.5, 0.6) is 5.75 Å². The predicted molar refractivity (Wildman–Crippen MR) is 92.5 cm³/mol. The van der Waals surface area contributed by atoms with Gasteiger partial charge in [-0.25, -0.2) is 0 Å². The second kappa shape index (κ2) is 8.79. The molecule has 0 aliphatic heterocycles. The van der Waals surface area contributed by atoms with Crippen LogP contribution in [0.3, 0.4) is 0 Å². The van der Waals surface area contributed by atoms with Crippen molar-refractivity contribution in [2.75, 3.05) is 0 Å². The second-order valence-electron chi connectivity index (χ2n) is 5.45. The van der Waals surface area contributed by atoms with Crippen molar-refractivity contribution < 1.29 is 14.6 Å². The highest BCUT2D eigenvalue weighted by Gasteiger charge is 2.05. The van der Waals surface area contributed by atoms with Crippen LogP contribution in [0.25, 0.3) is 6.08 Å². The molecule has 3 heteroatoms. The van der Waals surface area contributed by atoms with Crippen LogP contribution in [-0.4, -0.2) is 11.1 Å². The smallest absolute Gasteiger partial charge is 0.307 e. The molecule has 120 valence electrons. The van der Waals surface area contributed by atoms with Crippen LogP contribution in [0.15, 0.2) is 54.6 Å². The molecule has 0 atom stereocenters. The van der Waals surface area contributed by atoms with Crippen LogP contribution in [0.1, 0.15) is 36.5 Å². The standard InChI is InChI=1S/C20H22O3/c1-2-3-5-10-17-11-18(14-20(21)22)13-19(12-17)23-15-16-8-6-4-7-9-16/h4-13H,2-3,14-15H2,1H3,(H,21,22)/b10-5+. The lowest BCUT2D eigenvalue weighted by molar-refractivity contribution is -0.136. The molecule has 0 aliphatic rings. The van der Waals surface area contributed by atoms with E-state index in [1.807, 2.05) is 48.5 Å². The Hall–Kier alpha value is -2.55. The number of benzene rings is 2. The van der Waals surface area contributed by atoms with Crippen molar-refractivity contribution >= 4 is 12.0 Å². The summed E-state index contributed by atoms with van der Waals surface area (Å²) in [6.07, 6.45) is 6.20. The summed E-state index contributed by atoms with van der Waals surface area (Å²) < 4.78 is 5.83. The third-order valence-corrected chi connectivity index (χ3v) is 3.36. The SMILES string of the molecule is CCC/C=C/c1cc(CC(=O)O)cc(OCc2ccccc2)c1. The molecule has 0 aliphatic carbocycles. The monoisotopic (exact) mass is 310 g/mol. The van der Waals surface area contributed by atoms with Gasteiger partial charge in [-0.3, -0.25) is 4.79 Å². The van der Waals surface area contributed by atoms with Gasteiger partial charge in [0.05, 0.1) is 6.42 Å². The van der Waals surface area contributed by atoms with Gasteiger partial charge in [0.2, 0.25) is 0 Å². The number of allylic oxidation sites excluding steroid dienone is 1. The van der Waals surface area contributed by atoms with Gasteiger partial charge in [0.1, 0.15) is 12.4 Å². The fourth-order valence-corrected chi connectivity index (χ4v) is 2.27. The minimum atomic E-state index is -0.839. The summed E-state index contributed by atoms with van der Waals surface area (Å²) in [7, 11) is 0. The molecule has 0 unspecified atom stereocenters. The zero-order chi connectivity index (χ0) is 16.5. The van der Waals surface area contributed by atoms with E-state index in [4.69, 9.17) is 9.84 Å². The number of carbonyl (C=O) groups is 1. The molecule has 0 fully saturated rings. The molecule has 2 rings (SSSR count). The Morgan fingerprint density at radius 1 is 1.13 bits per heavy atom. The second-order valence-corrected chi connectivity index (χ2v) is 5.45. The summed E-state index contributed by atoms with van der Waals surface area (Å²) in [4.78, 5) is 11.0. The quantitative estimate of drug-likeness (QED) is 0.768. The molecule has 2 aromatic rings. The molecule has 0 heterocycles. The molecule has 0 bridgehead atoms. The minimum absolute atomic E-state index is 0.00282.